The minimum absolute atomic E-state index is 0.409. The minimum Gasteiger partial charge on any atom is -0.480 e. The monoisotopic (exact) mass is 319 g/mol. The Bertz CT molecular complexity index is 823. The maximum Gasteiger partial charge on any atom is 0.319 e. The van der Waals surface area contributed by atoms with Crippen molar-refractivity contribution in [1.82, 2.24) is 4.98 Å². The summed E-state index contributed by atoms with van der Waals surface area (Å²) in [5.41, 5.74) is 1.16. The van der Waals surface area contributed by atoms with Crippen LogP contribution < -0.4 is 0 Å². The van der Waals surface area contributed by atoms with Gasteiger partial charge in [-0.1, -0.05) is 23.7 Å². The highest BCUT2D eigenvalue weighted by Crippen LogP contribution is 2.31. The van der Waals surface area contributed by atoms with E-state index in [1.807, 2.05) is 0 Å². The smallest absolute Gasteiger partial charge is 0.319 e. The molecular formula is C15H10ClNO3S. The molecule has 6 heteroatoms. The second kappa shape index (κ2) is 5.35. The van der Waals surface area contributed by atoms with Gasteiger partial charge in [-0.3, -0.25) is 9.59 Å². The van der Waals surface area contributed by atoms with E-state index < -0.39 is 17.7 Å². The maximum atomic E-state index is 12.4. The Hall–Kier alpha value is -2.11. The van der Waals surface area contributed by atoms with Crippen molar-refractivity contribution in [3.8, 4) is 0 Å². The Kier molecular flexibility index (Phi) is 3.53. The van der Waals surface area contributed by atoms with E-state index in [9.17, 15) is 14.7 Å². The number of hydrogen-bond donors (Lipinski definition) is 2. The van der Waals surface area contributed by atoms with Crippen molar-refractivity contribution in [3.63, 3.8) is 0 Å². The van der Waals surface area contributed by atoms with Crippen LogP contribution in [-0.4, -0.2) is 21.8 Å². The molecule has 3 rings (SSSR count). The van der Waals surface area contributed by atoms with E-state index in [2.05, 4.69) is 4.98 Å². The third-order valence-electron chi connectivity index (χ3n) is 3.26. The number of benzene rings is 1. The fraction of sp³-hybridized carbons (Fsp3) is 0.0667. The number of hydrogen-bond acceptors (Lipinski definition) is 3. The molecule has 106 valence electrons. The maximum absolute atomic E-state index is 12.4. The van der Waals surface area contributed by atoms with Crippen LogP contribution in [0.3, 0.4) is 0 Å². The second-order valence-electron chi connectivity index (χ2n) is 4.55. The first-order valence-corrected chi connectivity index (χ1v) is 7.41. The summed E-state index contributed by atoms with van der Waals surface area (Å²) in [6, 6.07) is 8.46. The molecule has 4 nitrogen and oxygen atoms in total. The summed E-state index contributed by atoms with van der Waals surface area (Å²) < 4.78 is 0. The van der Waals surface area contributed by atoms with Crippen LogP contribution in [0, 0.1) is 0 Å². The Labute approximate surface area is 129 Å². The van der Waals surface area contributed by atoms with Crippen LogP contribution in [0.4, 0.5) is 0 Å². The van der Waals surface area contributed by atoms with E-state index in [0.717, 1.165) is 0 Å². The van der Waals surface area contributed by atoms with Crippen LogP contribution in [-0.2, 0) is 4.79 Å². The molecule has 0 aliphatic heterocycles. The number of Topliss-reactive ketones (excluding diaryl/α,β-unsaturated/α-hetero) is 1. The van der Waals surface area contributed by atoms with Gasteiger partial charge in [-0.25, -0.2) is 0 Å². The zero-order valence-corrected chi connectivity index (χ0v) is 12.2. The number of ketones is 1. The highest BCUT2D eigenvalue weighted by Gasteiger charge is 2.31. The number of thiophene rings is 1. The van der Waals surface area contributed by atoms with Crippen LogP contribution in [0.1, 0.15) is 21.2 Å². The molecule has 2 heterocycles. The van der Waals surface area contributed by atoms with Gasteiger partial charge in [-0.2, -0.15) is 0 Å². The van der Waals surface area contributed by atoms with Crippen LogP contribution in [0.2, 0.25) is 5.02 Å². The summed E-state index contributed by atoms with van der Waals surface area (Å²) in [5.74, 6) is -2.80. The topological polar surface area (TPSA) is 70.2 Å². The first kappa shape index (κ1) is 13.9. The number of fused-ring (bicyclic) bond motifs is 1. The van der Waals surface area contributed by atoms with Gasteiger partial charge >= 0.3 is 5.97 Å². The van der Waals surface area contributed by atoms with Crippen molar-refractivity contribution in [3.05, 3.63) is 57.4 Å². The van der Waals surface area contributed by atoms with Crippen LogP contribution in [0.5, 0.6) is 0 Å². The number of aromatic amines is 1. The Balaban J connectivity index is 2.12. The Morgan fingerprint density at radius 1 is 1.29 bits per heavy atom. The van der Waals surface area contributed by atoms with Crippen LogP contribution >= 0.6 is 22.9 Å². The van der Waals surface area contributed by atoms with Gasteiger partial charge in [0.05, 0.1) is 4.88 Å². The van der Waals surface area contributed by atoms with Gasteiger partial charge in [0.2, 0.25) is 0 Å². The number of aromatic nitrogens is 1. The third kappa shape index (κ3) is 2.46. The number of carbonyl (C=O) groups is 2. The van der Waals surface area contributed by atoms with Crippen molar-refractivity contribution < 1.29 is 14.7 Å². The minimum atomic E-state index is -1.22. The third-order valence-corrected chi connectivity index (χ3v) is 4.38. The summed E-state index contributed by atoms with van der Waals surface area (Å²) in [6.07, 6.45) is 1.56. The molecule has 0 aliphatic rings. The number of aliphatic carboxylic acids is 1. The molecule has 0 fully saturated rings. The second-order valence-corrected chi connectivity index (χ2v) is 5.93. The lowest BCUT2D eigenvalue weighted by Gasteiger charge is -2.09. The highest BCUT2D eigenvalue weighted by atomic mass is 35.5. The molecule has 0 saturated heterocycles. The first-order chi connectivity index (χ1) is 10.1. The van der Waals surface area contributed by atoms with E-state index in [4.69, 9.17) is 11.6 Å². The molecule has 0 bridgehead atoms. The zero-order valence-electron chi connectivity index (χ0n) is 10.7. The molecule has 2 N–H and O–H groups in total. The van der Waals surface area contributed by atoms with Crippen molar-refractivity contribution in [2.75, 3.05) is 0 Å². The van der Waals surface area contributed by atoms with Gasteiger partial charge in [0.25, 0.3) is 0 Å². The summed E-state index contributed by atoms with van der Waals surface area (Å²) >= 11 is 7.15. The van der Waals surface area contributed by atoms with Gasteiger partial charge < -0.3 is 10.1 Å². The molecule has 0 aliphatic carbocycles. The fourth-order valence-corrected chi connectivity index (χ4v) is 3.17. The van der Waals surface area contributed by atoms with E-state index in [1.165, 1.54) is 11.3 Å². The van der Waals surface area contributed by atoms with Crippen molar-refractivity contribution in [1.29, 1.82) is 0 Å². The van der Waals surface area contributed by atoms with Crippen LogP contribution in [0.15, 0.2) is 41.9 Å². The van der Waals surface area contributed by atoms with Gasteiger partial charge in [-0.15, -0.1) is 11.3 Å². The normalized spacial score (nSPS) is 12.4. The molecular weight excluding hydrogens is 310 g/mol. The molecule has 2 aromatic heterocycles. The number of carboxylic acid groups (broad SMARTS) is 1. The highest BCUT2D eigenvalue weighted by molar-refractivity contribution is 7.12. The number of H-pyrrole nitrogens is 1. The number of nitrogens with one attached hydrogen (secondary N) is 1. The van der Waals surface area contributed by atoms with E-state index >= 15 is 0 Å². The first-order valence-electron chi connectivity index (χ1n) is 6.15. The average Bonchev–Trinajstić information content (AvgIpc) is 3.08. The molecule has 0 amide bonds. The Morgan fingerprint density at radius 3 is 2.76 bits per heavy atom. The number of halogens is 1. The lowest BCUT2D eigenvalue weighted by atomic mass is 9.93. The van der Waals surface area contributed by atoms with Gasteiger partial charge in [0, 0.05) is 22.1 Å². The molecule has 0 saturated carbocycles. The van der Waals surface area contributed by atoms with Crippen molar-refractivity contribution in [2.45, 2.75) is 5.92 Å². The largest absolute Gasteiger partial charge is 0.480 e. The van der Waals surface area contributed by atoms with Crippen molar-refractivity contribution in [2.24, 2.45) is 0 Å². The Morgan fingerprint density at radius 2 is 2.10 bits per heavy atom. The predicted octanol–water partition coefficient (Wildman–Crippen LogP) is 3.93. The van der Waals surface area contributed by atoms with Gasteiger partial charge in [0.1, 0.15) is 5.92 Å². The molecule has 1 atom stereocenters. The SMILES string of the molecule is O=C(O)C(C(=O)c1cccs1)c1c[nH]c2cc(Cl)ccc12. The van der Waals surface area contributed by atoms with Crippen molar-refractivity contribution >= 4 is 45.6 Å². The predicted molar refractivity (Wildman–Crippen MR) is 82.3 cm³/mol. The molecule has 1 unspecified atom stereocenters. The van der Waals surface area contributed by atoms with E-state index in [1.54, 1.807) is 41.9 Å². The number of carbonyl (C=O) groups excluding carboxylic acids is 1. The molecule has 3 aromatic rings. The molecule has 0 radical (unpaired) electrons. The summed E-state index contributed by atoms with van der Waals surface area (Å²) in [7, 11) is 0. The lowest BCUT2D eigenvalue weighted by Crippen LogP contribution is -2.20. The zero-order chi connectivity index (χ0) is 15.0. The lowest BCUT2D eigenvalue weighted by molar-refractivity contribution is -0.137. The average molecular weight is 320 g/mol. The van der Waals surface area contributed by atoms with Gasteiger partial charge in [0.15, 0.2) is 5.78 Å². The number of rotatable bonds is 4. The standard InChI is InChI=1S/C15H10ClNO3S/c16-8-3-4-9-10(7-17-11(9)6-8)13(15(19)20)14(18)12-2-1-5-21-12/h1-7,13,17H,(H,19,20). The molecule has 1 aromatic carbocycles. The van der Waals surface area contributed by atoms with Crippen LogP contribution in [0.25, 0.3) is 10.9 Å². The molecule has 21 heavy (non-hydrogen) atoms. The summed E-state index contributed by atoms with van der Waals surface area (Å²) in [6.45, 7) is 0. The summed E-state index contributed by atoms with van der Waals surface area (Å²) in [5, 5.41) is 12.5. The number of carboxylic acids is 1. The van der Waals surface area contributed by atoms with E-state index in [-0.39, 0.29) is 0 Å². The molecule has 0 spiro atoms. The summed E-state index contributed by atoms with van der Waals surface area (Å²) in [4.78, 5) is 27.4. The van der Waals surface area contributed by atoms with E-state index in [0.29, 0.717) is 26.4 Å². The fourth-order valence-electron chi connectivity index (χ4n) is 2.31. The van der Waals surface area contributed by atoms with Gasteiger partial charge in [-0.05, 0) is 29.1 Å². The quantitative estimate of drug-likeness (QED) is 0.565.